The maximum absolute atomic E-state index is 6.16. The van der Waals surface area contributed by atoms with E-state index in [1.165, 1.54) is 17.6 Å². The van der Waals surface area contributed by atoms with Crippen molar-refractivity contribution in [2.24, 2.45) is 5.92 Å². The van der Waals surface area contributed by atoms with Crippen molar-refractivity contribution < 1.29 is 0 Å². The number of hydrogen-bond donors (Lipinski definition) is 1. The van der Waals surface area contributed by atoms with E-state index in [4.69, 9.17) is 11.6 Å². The fourth-order valence-electron chi connectivity index (χ4n) is 1.74. The number of rotatable bonds is 6. The molecule has 0 radical (unpaired) electrons. The van der Waals surface area contributed by atoms with Gasteiger partial charge < -0.3 is 5.32 Å². The van der Waals surface area contributed by atoms with Crippen molar-refractivity contribution in [3.63, 3.8) is 0 Å². The summed E-state index contributed by atoms with van der Waals surface area (Å²) >= 11 is 6.16. The summed E-state index contributed by atoms with van der Waals surface area (Å²) in [7, 11) is 0. The fourth-order valence-corrected chi connectivity index (χ4v) is 1.93. The minimum absolute atomic E-state index is 0.550. The van der Waals surface area contributed by atoms with Crippen LogP contribution in [0.3, 0.4) is 0 Å². The molecule has 1 aromatic carbocycles. The molecule has 0 bridgehead atoms. The van der Waals surface area contributed by atoms with Gasteiger partial charge in [-0.1, -0.05) is 56.2 Å². The Morgan fingerprint density at radius 3 is 2.67 bits per heavy atom. The van der Waals surface area contributed by atoms with Crippen molar-refractivity contribution in [3.8, 4) is 0 Å². The molecule has 0 aromatic heterocycles. The Bertz CT molecular complexity index is 408. The van der Waals surface area contributed by atoms with Crippen molar-refractivity contribution in [1.82, 2.24) is 5.32 Å². The highest BCUT2D eigenvalue weighted by Gasteiger charge is 2.04. The first kappa shape index (κ1) is 15.3. The minimum atomic E-state index is 0.550. The number of aryl methyl sites for hydroxylation is 1. The molecule has 0 aliphatic rings. The lowest BCUT2D eigenvalue weighted by Crippen LogP contribution is -2.19. The second-order valence-electron chi connectivity index (χ2n) is 5.06. The highest BCUT2D eigenvalue weighted by Crippen LogP contribution is 2.20. The van der Waals surface area contributed by atoms with E-state index in [0.29, 0.717) is 5.92 Å². The van der Waals surface area contributed by atoms with Crippen LogP contribution in [-0.2, 0) is 0 Å². The van der Waals surface area contributed by atoms with Crippen LogP contribution in [0.4, 0.5) is 0 Å². The van der Waals surface area contributed by atoms with Crippen LogP contribution in [0.25, 0.3) is 6.08 Å². The number of halogens is 1. The fraction of sp³-hybridized carbons (Fsp3) is 0.500. The summed E-state index contributed by atoms with van der Waals surface area (Å²) < 4.78 is 0. The Morgan fingerprint density at radius 1 is 1.39 bits per heavy atom. The van der Waals surface area contributed by atoms with E-state index in [9.17, 15) is 0 Å². The maximum atomic E-state index is 6.16. The molecule has 0 heterocycles. The van der Waals surface area contributed by atoms with Crippen molar-refractivity contribution in [2.75, 3.05) is 13.1 Å². The van der Waals surface area contributed by atoms with Crippen LogP contribution in [0.1, 0.15) is 38.3 Å². The van der Waals surface area contributed by atoms with Crippen molar-refractivity contribution in [3.05, 3.63) is 39.9 Å². The topological polar surface area (TPSA) is 12.0 Å². The quantitative estimate of drug-likeness (QED) is 0.736. The molecule has 0 aliphatic carbocycles. The van der Waals surface area contributed by atoms with E-state index in [1.54, 1.807) is 0 Å². The Labute approximate surface area is 116 Å². The molecule has 1 N–H and O–H groups in total. The van der Waals surface area contributed by atoms with E-state index in [-0.39, 0.29) is 0 Å². The molecule has 0 spiro atoms. The SMILES string of the molecule is CCCNC/C(=C/c1ccc(C)c(Cl)c1)C(C)C. The van der Waals surface area contributed by atoms with Crippen LogP contribution in [0.5, 0.6) is 0 Å². The van der Waals surface area contributed by atoms with Gasteiger partial charge in [-0.3, -0.25) is 0 Å². The van der Waals surface area contributed by atoms with Crippen LogP contribution in [0, 0.1) is 12.8 Å². The maximum Gasteiger partial charge on any atom is 0.0441 e. The van der Waals surface area contributed by atoms with Gasteiger partial charge in [0.1, 0.15) is 0 Å². The molecule has 1 rings (SSSR count). The zero-order valence-corrected chi connectivity index (χ0v) is 12.6. The Hall–Kier alpha value is -0.790. The summed E-state index contributed by atoms with van der Waals surface area (Å²) in [5.74, 6) is 0.550. The lowest BCUT2D eigenvalue weighted by Gasteiger charge is -2.13. The summed E-state index contributed by atoms with van der Waals surface area (Å²) in [5.41, 5.74) is 3.74. The van der Waals surface area contributed by atoms with E-state index in [0.717, 1.165) is 23.7 Å². The van der Waals surface area contributed by atoms with E-state index in [2.05, 4.69) is 44.3 Å². The molecule has 0 amide bonds. The third-order valence-corrected chi connectivity index (χ3v) is 3.45. The zero-order valence-electron chi connectivity index (χ0n) is 11.9. The van der Waals surface area contributed by atoms with Gasteiger partial charge in [0, 0.05) is 11.6 Å². The molecule has 0 atom stereocenters. The van der Waals surface area contributed by atoms with Crippen LogP contribution in [0.2, 0.25) is 5.02 Å². The van der Waals surface area contributed by atoms with E-state index >= 15 is 0 Å². The average molecular weight is 266 g/mol. The van der Waals surface area contributed by atoms with Gasteiger partial charge in [0.2, 0.25) is 0 Å². The number of benzene rings is 1. The van der Waals surface area contributed by atoms with Gasteiger partial charge >= 0.3 is 0 Å². The normalized spacial score (nSPS) is 12.2. The Kier molecular flexibility index (Phi) is 6.45. The first-order valence-corrected chi connectivity index (χ1v) is 7.09. The summed E-state index contributed by atoms with van der Waals surface area (Å²) in [6.07, 6.45) is 3.42. The van der Waals surface area contributed by atoms with Crippen LogP contribution in [0.15, 0.2) is 23.8 Å². The minimum Gasteiger partial charge on any atom is -0.313 e. The van der Waals surface area contributed by atoms with Gasteiger partial charge in [0.25, 0.3) is 0 Å². The predicted molar refractivity (Wildman–Crippen MR) is 82.2 cm³/mol. The van der Waals surface area contributed by atoms with E-state index < -0.39 is 0 Å². The lowest BCUT2D eigenvalue weighted by molar-refractivity contribution is 0.657. The second-order valence-corrected chi connectivity index (χ2v) is 5.47. The zero-order chi connectivity index (χ0) is 13.5. The molecule has 1 nitrogen and oxygen atoms in total. The highest BCUT2D eigenvalue weighted by atomic mass is 35.5. The summed E-state index contributed by atoms with van der Waals surface area (Å²) in [5, 5.41) is 4.30. The van der Waals surface area contributed by atoms with Gasteiger partial charge in [-0.2, -0.15) is 0 Å². The number of hydrogen-bond acceptors (Lipinski definition) is 1. The van der Waals surface area contributed by atoms with Crippen molar-refractivity contribution in [1.29, 1.82) is 0 Å². The molecule has 1 aromatic rings. The molecule has 100 valence electrons. The second kappa shape index (κ2) is 7.60. The first-order chi connectivity index (χ1) is 8.54. The van der Waals surface area contributed by atoms with Gasteiger partial charge in [-0.25, -0.2) is 0 Å². The summed E-state index contributed by atoms with van der Waals surface area (Å²) in [4.78, 5) is 0. The number of nitrogens with one attached hydrogen (secondary N) is 1. The molecule has 0 saturated carbocycles. The molecule has 0 unspecified atom stereocenters. The van der Waals surface area contributed by atoms with E-state index in [1.807, 2.05) is 13.0 Å². The van der Waals surface area contributed by atoms with Gasteiger partial charge in [0.15, 0.2) is 0 Å². The van der Waals surface area contributed by atoms with Gasteiger partial charge in [-0.05, 0) is 43.0 Å². The molecule has 18 heavy (non-hydrogen) atoms. The van der Waals surface area contributed by atoms with Crippen molar-refractivity contribution in [2.45, 2.75) is 34.1 Å². The summed E-state index contributed by atoms with van der Waals surface area (Å²) in [6, 6.07) is 6.24. The van der Waals surface area contributed by atoms with Crippen LogP contribution < -0.4 is 5.32 Å². The monoisotopic (exact) mass is 265 g/mol. The molecule has 0 fully saturated rings. The standard InChI is InChI=1S/C16H24ClN/c1-5-8-18-11-15(12(2)3)9-14-7-6-13(4)16(17)10-14/h6-7,9-10,12,18H,5,8,11H2,1-4H3/b15-9-. The van der Waals surface area contributed by atoms with Gasteiger partial charge in [0.05, 0.1) is 0 Å². The van der Waals surface area contributed by atoms with Crippen molar-refractivity contribution >= 4 is 17.7 Å². The third-order valence-electron chi connectivity index (χ3n) is 3.05. The molecule has 0 saturated heterocycles. The molecule has 0 aliphatic heterocycles. The molecular formula is C16H24ClN. The predicted octanol–water partition coefficient (Wildman–Crippen LogP) is 4.69. The largest absolute Gasteiger partial charge is 0.313 e. The third kappa shape index (κ3) is 4.83. The highest BCUT2D eigenvalue weighted by molar-refractivity contribution is 6.31. The van der Waals surface area contributed by atoms with Crippen LogP contribution >= 0.6 is 11.6 Å². The average Bonchev–Trinajstić information content (AvgIpc) is 2.32. The van der Waals surface area contributed by atoms with Gasteiger partial charge in [-0.15, -0.1) is 0 Å². The molecule has 2 heteroatoms. The Morgan fingerprint density at radius 2 is 2.11 bits per heavy atom. The first-order valence-electron chi connectivity index (χ1n) is 6.72. The smallest absolute Gasteiger partial charge is 0.0441 e. The molecular weight excluding hydrogens is 242 g/mol. The Balaban J connectivity index is 2.83. The summed E-state index contributed by atoms with van der Waals surface area (Å²) in [6.45, 7) is 10.7. The van der Waals surface area contributed by atoms with Crippen LogP contribution in [-0.4, -0.2) is 13.1 Å². The lowest BCUT2D eigenvalue weighted by atomic mass is 9.99.